The van der Waals surface area contributed by atoms with Crippen molar-refractivity contribution in [1.82, 2.24) is 34.4 Å². The summed E-state index contributed by atoms with van der Waals surface area (Å²) < 4.78 is 24.0. The molecule has 220 valence electrons. The summed E-state index contributed by atoms with van der Waals surface area (Å²) in [5.74, 6) is 0.801. The Kier molecular flexibility index (Phi) is 7.64. The summed E-state index contributed by atoms with van der Waals surface area (Å²) >= 11 is 1.06. The van der Waals surface area contributed by atoms with E-state index < -0.39 is 5.82 Å². The highest BCUT2D eigenvalue weighted by molar-refractivity contribution is 7.17. The van der Waals surface area contributed by atoms with E-state index in [-0.39, 0.29) is 16.7 Å². The highest BCUT2D eigenvalue weighted by Gasteiger charge is 2.23. The first-order valence-electron chi connectivity index (χ1n) is 13.9. The number of furan rings is 1. The molecule has 14 heteroatoms. The smallest absolute Gasteiger partial charge is 0.309 e. The molecular formula is C28H32FN9O3S. The highest BCUT2D eigenvalue weighted by atomic mass is 32.1. The van der Waals surface area contributed by atoms with Crippen LogP contribution in [0.3, 0.4) is 0 Å². The Bertz CT molecular complexity index is 1790. The minimum atomic E-state index is -0.407. The number of fused-ring (bicyclic) bond motifs is 3. The molecule has 1 aromatic carbocycles. The zero-order valence-corrected chi connectivity index (χ0v) is 24.2. The van der Waals surface area contributed by atoms with E-state index in [9.17, 15) is 14.0 Å². The summed E-state index contributed by atoms with van der Waals surface area (Å²) in [5.41, 5.74) is 7.93. The van der Waals surface area contributed by atoms with E-state index in [4.69, 9.17) is 10.2 Å². The average Bonchev–Trinajstić information content (AvgIpc) is 3.71. The molecular weight excluding hydrogens is 561 g/mol. The summed E-state index contributed by atoms with van der Waals surface area (Å²) in [5, 5.41) is 7.24. The molecule has 5 heterocycles. The molecule has 0 unspecified atom stereocenters. The predicted molar refractivity (Wildman–Crippen MR) is 159 cm³/mol. The fraction of sp³-hybridized carbons (Fsp3) is 0.393. The number of hydrogen-bond donors (Lipinski definition) is 2. The quantitative estimate of drug-likeness (QED) is 0.264. The van der Waals surface area contributed by atoms with Gasteiger partial charge in [0.2, 0.25) is 11.8 Å². The maximum absolute atomic E-state index is 15.0. The van der Waals surface area contributed by atoms with Gasteiger partial charge >= 0.3 is 4.87 Å². The van der Waals surface area contributed by atoms with Crippen LogP contribution in [0.2, 0.25) is 0 Å². The summed E-state index contributed by atoms with van der Waals surface area (Å²) in [6, 6.07) is 8.16. The molecule has 12 nitrogen and oxygen atoms in total. The normalized spacial score (nSPS) is 14.4. The second-order valence-electron chi connectivity index (χ2n) is 10.7. The van der Waals surface area contributed by atoms with Crippen LogP contribution in [0.25, 0.3) is 27.6 Å². The highest BCUT2D eigenvalue weighted by Crippen LogP contribution is 2.26. The Morgan fingerprint density at radius 1 is 1.14 bits per heavy atom. The first-order chi connectivity index (χ1) is 20.3. The zero-order valence-electron chi connectivity index (χ0n) is 23.4. The molecule has 0 bridgehead atoms. The number of benzene rings is 1. The molecule has 1 amide bonds. The molecule has 0 radical (unpaired) electrons. The average molecular weight is 594 g/mol. The van der Waals surface area contributed by atoms with Gasteiger partial charge in [-0.1, -0.05) is 25.2 Å². The van der Waals surface area contributed by atoms with Crippen molar-refractivity contribution in [2.75, 3.05) is 49.9 Å². The number of halogens is 1. The number of nitrogen functional groups attached to an aromatic ring is 1. The van der Waals surface area contributed by atoms with E-state index in [1.807, 2.05) is 4.90 Å². The molecule has 1 aliphatic rings. The first-order valence-corrected chi connectivity index (χ1v) is 14.7. The standard InChI is InChI=1S/C28H32FN9O3S/c1-17(2)7-8-31-26(39)18-5-6-20(19(29)16-18)36-12-9-35(10-13-36)11-14-37-24-22(42-28(37)40)25-32-23(21-4-3-15-41-21)34-38(25)27(30)33-24/h3-6,15-17H,7-14H2,1-2H3,(H2,30,33)(H,31,39). The van der Waals surface area contributed by atoms with E-state index in [1.54, 1.807) is 28.8 Å². The Morgan fingerprint density at radius 3 is 2.67 bits per heavy atom. The molecule has 1 saturated heterocycles. The SMILES string of the molecule is CC(C)CCNC(=O)c1ccc(N2CCN(CCn3c(=O)sc4c3nc(N)n3nc(-c5ccco5)nc43)CC2)c(F)c1. The fourth-order valence-electron chi connectivity index (χ4n) is 5.07. The second-order valence-corrected chi connectivity index (χ2v) is 11.7. The van der Waals surface area contributed by atoms with Crippen LogP contribution >= 0.6 is 11.3 Å². The molecule has 0 atom stereocenters. The molecule has 0 saturated carbocycles. The number of rotatable bonds is 9. The number of nitrogens with two attached hydrogens (primary N) is 1. The van der Waals surface area contributed by atoms with Gasteiger partial charge in [-0.15, -0.1) is 5.10 Å². The van der Waals surface area contributed by atoms with Gasteiger partial charge in [0.1, 0.15) is 10.5 Å². The number of aromatic nitrogens is 5. The predicted octanol–water partition coefficient (Wildman–Crippen LogP) is 3.08. The van der Waals surface area contributed by atoms with Gasteiger partial charge in [-0.3, -0.25) is 19.1 Å². The van der Waals surface area contributed by atoms with Crippen molar-refractivity contribution in [3.05, 3.63) is 57.6 Å². The third kappa shape index (κ3) is 5.46. The van der Waals surface area contributed by atoms with E-state index in [1.165, 1.54) is 16.8 Å². The summed E-state index contributed by atoms with van der Waals surface area (Å²) in [7, 11) is 0. The first kappa shape index (κ1) is 27.8. The van der Waals surface area contributed by atoms with E-state index in [2.05, 4.69) is 39.1 Å². The van der Waals surface area contributed by atoms with Gasteiger partial charge in [-0.05, 0) is 42.7 Å². The molecule has 0 aliphatic carbocycles. The Balaban J connectivity index is 1.10. The zero-order chi connectivity index (χ0) is 29.4. The number of thiazole rings is 1. The topological polar surface area (TPSA) is 140 Å². The number of piperazine rings is 1. The molecule has 1 aliphatic heterocycles. The second kappa shape index (κ2) is 11.5. The van der Waals surface area contributed by atoms with Crippen molar-refractivity contribution >= 4 is 44.9 Å². The Labute approximate surface area is 244 Å². The van der Waals surface area contributed by atoms with Crippen molar-refractivity contribution in [2.45, 2.75) is 26.8 Å². The van der Waals surface area contributed by atoms with Crippen molar-refractivity contribution in [3.63, 3.8) is 0 Å². The van der Waals surface area contributed by atoms with Gasteiger partial charge in [0.15, 0.2) is 17.1 Å². The number of carbonyl (C=O) groups is 1. The number of carbonyl (C=O) groups excluding carboxylic acids is 1. The van der Waals surface area contributed by atoms with Crippen LogP contribution < -0.4 is 20.8 Å². The molecule has 1 fully saturated rings. The van der Waals surface area contributed by atoms with Crippen LogP contribution in [0.5, 0.6) is 0 Å². The summed E-state index contributed by atoms with van der Waals surface area (Å²) in [6.07, 6.45) is 2.41. The lowest BCUT2D eigenvalue weighted by Crippen LogP contribution is -2.47. The number of amides is 1. The molecule has 4 aromatic heterocycles. The lowest BCUT2D eigenvalue weighted by molar-refractivity contribution is 0.0951. The molecule has 3 N–H and O–H groups in total. The van der Waals surface area contributed by atoms with Crippen molar-refractivity contribution in [1.29, 1.82) is 0 Å². The number of hydrogen-bond acceptors (Lipinski definition) is 10. The van der Waals surface area contributed by atoms with Gasteiger partial charge < -0.3 is 20.4 Å². The van der Waals surface area contributed by atoms with E-state index in [0.29, 0.717) is 90.6 Å². The van der Waals surface area contributed by atoms with Crippen molar-refractivity contribution < 1.29 is 13.6 Å². The van der Waals surface area contributed by atoms with Gasteiger partial charge in [-0.2, -0.15) is 9.50 Å². The van der Waals surface area contributed by atoms with Crippen molar-refractivity contribution in [2.24, 2.45) is 5.92 Å². The maximum Gasteiger partial charge on any atom is 0.309 e. The van der Waals surface area contributed by atoms with Crippen LogP contribution in [0.4, 0.5) is 16.0 Å². The number of nitrogens with one attached hydrogen (secondary N) is 1. The van der Waals surface area contributed by atoms with Gasteiger partial charge in [0.25, 0.3) is 5.91 Å². The molecule has 6 rings (SSSR count). The maximum atomic E-state index is 15.0. The van der Waals surface area contributed by atoms with Crippen LogP contribution in [0.15, 0.2) is 45.8 Å². The van der Waals surface area contributed by atoms with Crippen molar-refractivity contribution in [3.8, 4) is 11.6 Å². The Morgan fingerprint density at radius 2 is 1.95 bits per heavy atom. The minimum Gasteiger partial charge on any atom is -0.461 e. The fourth-order valence-corrected chi connectivity index (χ4v) is 6.00. The molecule has 42 heavy (non-hydrogen) atoms. The lowest BCUT2D eigenvalue weighted by atomic mass is 10.1. The largest absolute Gasteiger partial charge is 0.461 e. The van der Waals surface area contributed by atoms with Gasteiger partial charge in [0.05, 0.1) is 12.0 Å². The van der Waals surface area contributed by atoms with E-state index >= 15 is 0 Å². The number of anilines is 2. The minimum absolute atomic E-state index is 0.129. The van der Waals surface area contributed by atoms with Gasteiger partial charge in [-0.25, -0.2) is 9.37 Å². The van der Waals surface area contributed by atoms with Crippen LogP contribution in [0, 0.1) is 11.7 Å². The van der Waals surface area contributed by atoms with Gasteiger partial charge in [0, 0.05) is 51.4 Å². The van der Waals surface area contributed by atoms with Crippen LogP contribution in [0.1, 0.15) is 30.6 Å². The van der Waals surface area contributed by atoms with Crippen LogP contribution in [-0.2, 0) is 6.54 Å². The summed E-state index contributed by atoms with van der Waals surface area (Å²) in [4.78, 5) is 38.4. The Hall–Kier alpha value is -4.30. The molecule has 5 aromatic rings. The lowest BCUT2D eigenvalue weighted by Gasteiger charge is -2.36. The van der Waals surface area contributed by atoms with Crippen LogP contribution in [-0.4, -0.2) is 74.2 Å². The summed E-state index contributed by atoms with van der Waals surface area (Å²) in [6.45, 7) is 8.43. The third-order valence-electron chi connectivity index (χ3n) is 7.43. The van der Waals surface area contributed by atoms with E-state index in [0.717, 1.165) is 17.8 Å². The number of nitrogens with zero attached hydrogens (tertiary/aromatic N) is 7. The third-order valence-corrected chi connectivity index (χ3v) is 8.39. The monoisotopic (exact) mass is 593 g/mol. The molecule has 0 spiro atoms.